The Bertz CT molecular complexity index is 602. The van der Waals surface area contributed by atoms with Crippen LogP contribution < -0.4 is 10.6 Å². The third-order valence-electron chi connectivity index (χ3n) is 5.65. The molecule has 2 rings (SSSR count). The molecule has 2 heterocycles. The Kier molecular flexibility index (Phi) is 14.2. The smallest absolute Gasteiger partial charge is 0.191 e. The molecule has 174 valence electrons. The Morgan fingerprint density at radius 2 is 1.97 bits per heavy atom. The van der Waals surface area contributed by atoms with Crippen molar-refractivity contribution in [3.63, 3.8) is 0 Å². The second-order valence-corrected chi connectivity index (χ2v) is 9.10. The molecule has 0 aliphatic carbocycles. The number of aryl methyl sites for hydroxylation is 1. The van der Waals surface area contributed by atoms with Gasteiger partial charge in [-0.1, -0.05) is 13.8 Å². The highest BCUT2D eigenvalue weighted by molar-refractivity contribution is 14.0. The first kappa shape index (κ1) is 27.6. The van der Waals surface area contributed by atoms with Crippen molar-refractivity contribution in [2.75, 3.05) is 59.5 Å². The van der Waals surface area contributed by atoms with E-state index in [4.69, 9.17) is 4.74 Å². The van der Waals surface area contributed by atoms with Gasteiger partial charge in [0.25, 0.3) is 0 Å². The van der Waals surface area contributed by atoms with E-state index in [2.05, 4.69) is 65.3 Å². The van der Waals surface area contributed by atoms with Crippen LogP contribution in [-0.4, -0.2) is 81.3 Å². The molecule has 1 aromatic rings. The van der Waals surface area contributed by atoms with Gasteiger partial charge in [-0.15, -0.1) is 35.3 Å². The number of hydrogen-bond donors (Lipinski definition) is 2. The largest absolute Gasteiger partial charge is 0.379 e. The fraction of sp³-hybridized carbons (Fsp3) is 0.773. The topological polar surface area (TPSA) is 52.1 Å². The number of morpholine rings is 1. The van der Waals surface area contributed by atoms with Gasteiger partial charge < -0.3 is 20.3 Å². The molecule has 2 N–H and O–H groups in total. The van der Waals surface area contributed by atoms with Crippen LogP contribution in [0.3, 0.4) is 0 Å². The Balaban J connectivity index is 0.00000450. The van der Waals surface area contributed by atoms with Crippen molar-refractivity contribution in [1.29, 1.82) is 0 Å². The van der Waals surface area contributed by atoms with E-state index in [-0.39, 0.29) is 24.0 Å². The highest BCUT2D eigenvalue weighted by atomic mass is 127. The highest BCUT2D eigenvalue weighted by Gasteiger charge is 2.24. The minimum absolute atomic E-state index is 0. The van der Waals surface area contributed by atoms with Crippen LogP contribution in [0.2, 0.25) is 0 Å². The van der Waals surface area contributed by atoms with Gasteiger partial charge >= 0.3 is 0 Å². The first-order valence-corrected chi connectivity index (χ1v) is 12.0. The Morgan fingerprint density at radius 3 is 2.53 bits per heavy atom. The van der Waals surface area contributed by atoms with Crippen LogP contribution in [0.5, 0.6) is 0 Å². The predicted octanol–water partition coefficient (Wildman–Crippen LogP) is 3.72. The number of guanidine groups is 1. The van der Waals surface area contributed by atoms with E-state index < -0.39 is 0 Å². The molecule has 0 bridgehead atoms. The van der Waals surface area contributed by atoms with Crippen LogP contribution in [0.4, 0.5) is 0 Å². The summed E-state index contributed by atoms with van der Waals surface area (Å²) >= 11 is 1.89. The first-order valence-electron chi connectivity index (χ1n) is 11.1. The summed E-state index contributed by atoms with van der Waals surface area (Å²) in [5.41, 5.74) is 0. The maximum atomic E-state index is 5.56. The van der Waals surface area contributed by atoms with E-state index in [1.165, 1.54) is 22.7 Å². The van der Waals surface area contributed by atoms with Crippen LogP contribution >= 0.6 is 35.3 Å². The summed E-state index contributed by atoms with van der Waals surface area (Å²) in [5.74, 6) is 0.895. The lowest BCUT2D eigenvalue weighted by molar-refractivity contribution is 0.0177. The zero-order chi connectivity index (χ0) is 21.1. The molecule has 0 aromatic carbocycles. The number of thiophene rings is 1. The summed E-state index contributed by atoms with van der Waals surface area (Å²) in [6.45, 7) is 16.8. The molecule has 2 unspecified atom stereocenters. The number of nitrogens with one attached hydrogen (secondary N) is 2. The number of hydrogen-bond acceptors (Lipinski definition) is 5. The van der Waals surface area contributed by atoms with Crippen LogP contribution in [0.25, 0.3) is 0 Å². The summed E-state index contributed by atoms with van der Waals surface area (Å²) in [6.07, 6.45) is 2.35. The standard InChI is InChI=1S/C22H41N5OS.HI/c1-6-26(7-2)12-8-9-18(3)25-22(23-5)24-17-20(21-11-10-19(4)29-21)27-13-15-28-16-14-27;/h10-11,18,20H,6-9,12-17H2,1-5H3,(H2,23,24,25);1H. The van der Waals surface area contributed by atoms with E-state index in [0.717, 1.165) is 58.3 Å². The third kappa shape index (κ3) is 9.38. The minimum atomic E-state index is 0. The SMILES string of the molecule is CCN(CC)CCCC(C)NC(=NC)NCC(c1ccc(C)s1)N1CCOCC1.I. The van der Waals surface area contributed by atoms with Crippen LogP contribution in [0.15, 0.2) is 17.1 Å². The normalized spacial score (nSPS) is 17.5. The second kappa shape index (κ2) is 15.4. The fourth-order valence-electron chi connectivity index (χ4n) is 3.79. The Hall–Kier alpha value is -0.420. The van der Waals surface area contributed by atoms with Crippen LogP contribution in [0.1, 0.15) is 49.4 Å². The maximum Gasteiger partial charge on any atom is 0.191 e. The molecule has 1 aromatic heterocycles. The molecule has 1 fully saturated rings. The third-order valence-corrected chi connectivity index (χ3v) is 6.75. The molecule has 8 heteroatoms. The van der Waals surface area contributed by atoms with Crippen LogP contribution in [0, 0.1) is 6.92 Å². The van der Waals surface area contributed by atoms with Gasteiger partial charge in [-0.3, -0.25) is 9.89 Å². The summed E-state index contributed by atoms with van der Waals surface area (Å²) in [5, 5.41) is 7.15. The molecule has 6 nitrogen and oxygen atoms in total. The molecule has 0 spiro atoms. The van der Waals surface area contributed by atoms with Gasteiger partial charge in [-0.2, -0.15) is 0 Å². The first-order chi connectivity index (χ1) is 14.1. The van der Waals surface area contributed by atoms with E-state index in [9.17, 15) is 0 Å². The minimum Gasteiger partial charge on any atom is -0.379 e. The summed E-state index contributed by atoms with van der Waals surface area (Å²) < 4.78 is 5.56. The Morgan fingerprint density at radius 1 is 1.27 bits per heavy atom. The van der Waals surface area contributed by atoms with Crippen molar-refractivity contribution in [3.8, 4) is 0 Å². The molecular weight excluding hydrogens is 509 g/mol. The lowest BCUT2D eigenvalue weighted by atomic mass is 10.1. The maximum absolute atomic E-state index is 5.56. The molecule has 1 aliphatic heterocycles. The summed E-state index contributed by atoms with van der Waals surface area (Å²) in [4.78, 5) is 12.3. The predicted molar refractivity (Wildman–Crippen MR) is 141 cm³/mol. The van der Waals surface area contributed by atoms with Gasteiger partial charge in [0, 0.05) is 42.5 Å². The van der Waals surface area contributed by atoms with Gasteiger partial charge in [0.2, 0.25) is 0 Å². The average Bonchev–Trinajstić information content (AvgIpc) is 3.17. The number of aliphatic imine (C=N–C) groups is 1. The van der Waals surface area contributed by atoms with Crippen molar-refractivity contribution in [3.05, 3.63) is 21.9 Å². The van der Waals surface area contributed by atoms with Crippen LogP contribution in [-0.2, 0) is 4.74 Å². The van der Waals surface area contributed by atoms with Gasteiger partial charge in [-0.05, 0) is 58.5 Å². The molecule has 0 radical (unpaired) electrons. The van der Waals surface area contributed by atoms with Crippen molar-refractivity contribution >= 4 is 41.3 Å². The lowest BCUT2D eigenvalue weighted by Crippen LogP contribution is -2.47. The number of ether oxygens (including phenoxy) is 1. The molecular formula is C22H42IN5OS. The average molecular weight is 552 g/mol. The van der Waals surface area contributed by atoms with E-state index >= 15 is 0 Å². The van der Waals surface area contributed by atoms with Gasteiger partial charge in [0.05, 0.1) is 19.3 Å². The lowest BCUT2D eigenvalue weighted by Gasteiger charge is -2.34. The highest BCUT2D eigenvalue weighted by Crippen LogP contribution is 2.27. The van der Waals surface area contributed by atoms with E-state index in [1.807, 2.05) is 18.4 Å². The van der Waals surface area contributed by atoms with Crippen molar-refractivity contribution in [1.82, 2.24) is 20.4 Å². The van der Waals surface area contributed by atoms with Gasteiger partial charge in [0.1, 0.15) is 0 Å². The van der Waals surface area contributed by atoms with Crippen molar-refractivity contribution in [2.45, 2.75) is 52.6 Å². The van der Waals surface area contributed by atoms with Gasteiger partial charge in [-0.25, -0.2) is 0 Å². The quantitative estimate of drug-likeness (QED) is 0.250. The molecule has 0 amide bonds. The molecule has 1 aliphatic rings. The Labute approximate surface area is 204 Å². The zero-order valence-electron chi connectivity index (χ0n) is 19.4. The van der Waals surface area contributed by atoms with E-state index in [1.54, 1.807) is 0 Å². The second-order valence-electron chi connectivity index (χ2n) is 7.78. The number of rotatable bonds is 11. The number of nitrogens with zero attached hydrogens (tertiary/aromatic N) is 3. The van der Waals surface area contributed by atoms with Crippen molar-refractivity contribution in [2.24, 2.45) is 4.99 Å². The van der Waals surface area contributed by atoms with E-state index in [0.29, 0.717) is 12.1 Å². The fourth-order valence-corrected chi connectivity index (χ4v) is 4.80. The summed E-state index contributed by atoms with van der Waals surface area (Å²) in [6, 6.07) is 5.25. The molecule has 1 saturated heterocycles. The van der Waals surface area contributed by atoms with Gasteiger partial charge in [0.15, 0.2) is 5.96 Å². The molecule has 0 saturated carbocycles. The number of halogens is 1. The summed E-state index contributed by atoms with van der Waals surface area (Å²) in [7, 11) is 1.86. The zero-order valence-corrected chi connectivity index (χ0v) is 22.6. The monoisotopic (exact) mass is 551 g/mol. The molecule has 30 heavy (non-hydrogen) atoms. The van der Waals surface area contributed by atoms with Crippen molar-refractivity contribution < 1.29 is 4.74 Å². The molecule has 2 atom stereocenters.